The van der Waals surface area contributed by atoms with Crippen molar-refractivity contribution >= 4 is 0 Å². The van der Waals surface area contributed by atoms with Crippen molar-refractivity contribution in [3.8, 4) is 0 Å². The number of ether oxygens (including phenoxy) is 1. The van der Waals surface area contributed by atoms with Crippen molar-refractivity contribution in [2.45, 2.75) is 31.8 Å². The summed E-state index contributed by atoms with van der Waals surface area (Å²) in [4.78, 5) is 0. The maximum absolute atomic E-state index is 9.52. The SMILES string of the molecule is O[C@@H]1COC[C@H]1C1CCCC1. The lowest BCUT2D eigenvalue weighted by Crippen LogP contribution is -2.24. The number of hydrogen-bond acceptors (Lipinski definition) is 2. The minimum Gasteiger partial charge on any atom is -0.390 e. The minimum atomic E-state index is -0.168. The van der Waals surface area contributed by atoms with E-state index in [9.17, 15) is 5.11 Å². The summed E-state index contributed by atoms with van der Waals surface area (Å²) in [6, 6.07) is 0. The van der Waals surface area contributed by atoms with Crippen LogP contribution in [0.5, 0.6) is 0 Å². The number of rotatable bonds is 1. The normalized spacial score (nSPS) is 40.1. The summed E-state index contributed by atoms with van der Waals surface area (Å²) in [5.41, 5.74) is 0. The van der Waals surface area contributed by atoms with Gasteiger partial charge in [-0.15, -0.1) is 0 Å². The molecule has 1 saturated carbocycles. The highest BCUT2D eigenvalue weighted by atomic mass is 16.5. The molecule has 2 fully saturated rings. The molecule has 1 heterocycles. The van der Waals surface area contributed by atoms with Crippen LogP contribution in [0.4, 0.5) is 0 Å². The van der Waals surface area contributed by atoms with Gasteiger partial charge in [-0.1, -0.05) is 12.8 Å². The Hall–Kier alpha value is -0.0800. The Kier molecular flexibility index (Phi) is 2.14. The molecule has 11 heavy (non-hydrogen) atoms. The highest BCUT2D eigenvalue weighted by Crippen LogP contribution is 2.35. The van der Waals surface area contributed by atoms with Gasteiger partial charge in [0.25, 0.3) is 0 Å². The second kappa shape index (κ2) is 3.11. The lowest BCUT2D eigenvalue weighted by Gasteiger charge is -2.18. The van der Waals surface area contributed by atoms with Gasteiger partial charge in [-0.25, -0.2) is 0 Å². The molecule has 2 nitrogen and oxygen atoms in total. The fourth-order valence-corrected chi connectivity index (χ4v) is 2.40. The van der Waals surface area contributed by atoms with Gasteiger partial charge in [0.1, 0.15) is 0 Å². The van der Waals surface area contributed by atoms with Crippen LogP contribution in [0.2, 0.25) is 0 Å². The molecule has 64 valence electrons. The first-order valence-corrected chi connectivity index (χ1v) is 4.64. The molecule has 0 unspecified atom stereocenters. The molecule has 2 aliphatic rings. The first-order chi connectivity index (χ1) is 5.38. The summed E-state index contributed by atoms with van der Waals surface area (Å²) in [6.07, 6.45) is 5.16. The standard InChI is InChI=1S/C9H16O2/c10-9-6-11-5-8(9)7-3-1-2-4-7/h7-10H,1-6H2/t8-,9+/m0/s1. The van der Waals surface area contributed by atoms with Gasteiger partial charge in [0.15, 0.2) is 0 Å². The Morgan fingerprint density at radius 3 is 2.36 bits per heavy atom. The Balaban J connectivity index is 1.92. The largest absolute Gasteiger partial charge is 0.390 e. The van der Waals surface area contributed by atoms with E-state index < -0.39 is 0 Å². The van der Waals surface area contributed by atoms with E-state index in [1.165, 1.54) is 25.7 Å². The zero-order chi connectivity index (χ0) is 7.68. The first kappa shape index (κ1) is 7.56. The maximum atomic E-state index is 9.52. The average Bonchev–Trinajstić information content (AvgIpc) is 2.55. The fourth-order valence-electron chi connectivity index (χ4n) is 2.40. The first-order valence-electron chi connectivity index (χ1n) is 4.64. The van der Waals surface area contributed by atoms with Crippen LogP contribution in [0.3, 0.4) is 0 Å². The molecule has 0 aromatic heterocycles. The molecule has 0 amide bonds. The van der Waals surface area contributed by atoms with Crippen LogP contribution in [0.25, 0.3) is 0 Å². The van der Waals surface area contributed by atoms with Crippen LogP contribution < -0.4 is 0 Å². The van der Waals surface area contributed by atoms with Crippen molar-refractivity contribution in [3.63, 3.8) is 0 Å². The number of hydrogen-bond donors (Lipinski definition) is 1. The average molecular weight is 156 g/mol. The van der Waals surface area contributed by atoms with Crippen LogP contribution in [0, 0.1) is 11.8 Å². The third-order valence-corrected chi connectivity index (χ3v) is 3.10. The summed E-state index contributed by atoms with van der Waals surface area (Å²) in [7, 11) is 0. The second-order valence-corrected chi connectivity index (χ2v) is 3.81. The Morgan fingerprint density at radius 2 is 1.82 bits per heavy atom. The molecule has 1 aliphatic heterocycles. The lowest BCUT2D eigenvalue weighted by atomic mass is 9.89. The van der Waals surface area contributed by atoms with E-state index in [1.807, 2.05) is 0 Å². The van der Waals surface area contributed by atoms with Crippen LogP contribution in [-0.4, -0.2) is 24.4 Å². The van der Waals surface area contributed by atoms with Crippen molar-refractivity contribution in [2.75, 3.05) is 13.2 Å². The van der Waals surface area contributed by atoms with E-state index in [0.717, 1.165) is 12.5 Å². The summed E-state index contributed by atoms with van der Waals surface area (Å²) >= 11 is 0. The fraction of sp³-hybridized carbons (Fsp3) is 1.00. The highest BCUT2D eigenvalue weighted by molar-refractivity contribution is 4.83. The topological polar surface area (TPSA) is 29.5 Å². The molecule has 1 saturated heterocycles. The van der Waals surface area contributed by atoms with E-state index in [-0.39, 0.29) is 6.10 Å². The lowest BCUT2D eigenvalue weighted by molar-refractivity contribution is 0.105. The molecule has 0 spiro atoms. The predicted molar refractivity (Wildman–Crippen MR) is 42.3 cm³/mol. The summed E-state index contributed by atoms with van der Waals surface area (Å²) in [5.74, 6) is 1.21. The van der Waals surface area contributed by atoms with Gasteiger partial charge in [0.05, 0.1) is 19.3 Å². The van der Waals surface area contributed by atoms with Gasteiger partial charge in [-0.05, 0) is 18.8 Å². The van der Waals surface area contributed by atoms with E-state index in [1.54, 1.807) is 0 Å². The van der Waals surface area contributed by atoms with Crippen LogP contribution in [0.1, 0.15) is 25.7 Å². The van der Waals surface area contributed by atoms with Crippen molar-refractivity contribution in [3.05, 3.63) is 0 Å². The zero-order valence-electron chi connectivity index (χ0n) is 6.83. The van der Waals surface area contributed by atoms with Crippen molar-refractivity contribution in [1.29, 1.82) is 0 Å². The summed E-state index contributed by atoms with van der Waals surface area (Å²) < 4.78 is 5.23. The van der Waals surface area contributed by atoms with Gasteiger partial charge in [0.2, 0.25) is 0 Å². The minimum absolute atomic E-state index is 0.168. The molecule has 0 bridgehead atoms. The zero-order valence-corrected chi connectivity index (χ0v) is 6.83. The third kappa shape index (κ3) is 1.42. The molecule has 2 heteroatoms. The van der Waals surface area contributed by atoms with E-state index >= 15 is 0 Å². The van der Waals surface area contributed by atoms with E-state index in [4.69, 9.17) is 4.74 Å². The van der Waals surface area contributed by atoms with Crippen LogP contribution in [-0.2, 0) is 4.74 Å². The summed E-state index contributed by atoms with van der Waals surface area (Å²) in [6.45, 7) is 1.37. The molecule has 2 atom stereocenters. The molecule has 0 aromatic carbocycles. The third-order valence-electron chi connectivity index (χ3n) is 3.10. The molecular formula is C9H16O2. The molecule has 2 rings (SSSR count). The van der Waals surface area contributed by atoms with Gasteiger partial charge in [0, 0.05) is 5.92 Å². The van der Waals surface area contributed by atoms with Gasteiger partial charge < -0.3 is 9.84 Å². The molecular weight excluding hydrogens is 140 g/mol. The van der Waals surface area contributed by atoms with Crippen molar-refractivity contribution in [1.82, 2.24) is 0 Å². The molecule has 1 N–H and O–H groups in total. The quantitative estimate of drug-likeness (QED) is 0.618. The highest BCUT2D eigenvalue weighted by Gasteiger charge is 2.34. The molecule has 0 aromatic rings. The van der Waals surface area contributed by atoms with Crippen LogP contribution in [0.15, 0.2) is 0 Å². The Morgan fingerprint density at radius 1 is 1.09 bits per heavy atom. The summed E-state index contributed by atoms with van der Waals surface area (Å²) in [5, 5.41) is 9.52. The molecule has 0 radical (unpaired) electrons. The predicted octanol–water partition coefficient (Wildman–Crippen LogP) is 1.18. The van der Waals surface area contributed by atoms with Crippen molar-refractivity contribution in [2.24, 2.45) is 11.8 Å². The molecule has 1 aliphatic carbocycles. The van der Waals surface area contributed by atoms with Gasteiger partial charge in [-0.2, -0.15) is 0 Å². The van der Waals surface area contributed by atoms with Gasteiger partial charge >= 0.3 is 0 Å². The number of aliphatic hydroxyl groups excluding tert-OH is 1. The monoisotopic (exact) mass is 156 g/mol. The Bertz CT molecular complexity index is 130. The number of aliphatic hydroxyl groups is 1. The van der Waals surface area contributed by atoms with Crippen LogP contribution >= 0.6 is 0 Å². The smallest absolute Gasteiger partial charge is 0.0826 e. The van der Waals surface area contributed by atoms with Gasteiger partial charge in [-0.3, -0.25) is 0 Å². The Labute approximate surface area is 67.6 Å². The maximum Gasteiger partial charge on any atom is 0.0826 e. The van der Waals surface area contributed by atoms with E-state index in [2.05, 4.69) is 0 Å². The second-order valence-electron chi connectivity index (χ2n) is 3.81. The van der Waals surface area contributed by atoms with E-state index in [0.29, 0.717) is 12.5 Å². The van der Waals surface area contributed by atoms with Crippen molar-refractivity contribution < 1.29 is 9.84 Å².